The fourth-order valence-electron chi connectivity index (χ4n) is 2.07. The molecular formula is C13H15NO5. The molecule has 0 bridgehead atoms. The van der Waals surface area contributed by atoms with Gasteiger partial charge in [-0.3, -0.25) is 9.78 Å². The van der Waals surface area contributed by atoms with E-state index in [1.807, 2.05) is 13.0 Å². The smallest absolute Gasteiger partial charge is 0.293 e. The first-order valence-electron chi connectivity index (χ1n) is 6.03. The van der Waals surface area contributed by atoms with E-state index < -0.39 is 18.0 Å². The summed E-state index contributed by atoms with van der Waals surface area (Å²) in [4.78, 5) is 25.5. The molecule has 1 aromatic heterocycles. The monoisotopic (exact) mass is 265 g/mol. The van der Waals surface area contributed by atoms with Crippen molar-refractivity contribution >= 4 is 12.8 Å². The van der Waals surface area contributed by atoms with Crippen molar-refractivity contribution in [3.05, 3.63) is 30.1 Å². The zero-order chi connectivity index (χ0) is 13.7. The summed E-state index contributed by atoms with van der Waals surface area (Å²) in [6.45, 7) is 2.17. The van der Waals surface area contributed by atoms with Gasteiger partial charge in [-0.1, -0.05) is 13.0 Å². The molecule has 0 amide bonds. The highest BCUT2D eigenvalue weighted by Crippen LogP contribution is 2.38. The molecule has 1 saturated heterocycles. The third kappa shape index (κ3) is 2.64. The van der Waals surface area contributed by atoms with E-state index in [-0.39, 0.29) is 6.61 Å². The molecule has 0 spiro atoms. The van der Waals surface area contributed by atoms with Crippen LogP contribution < -0.4 is 0 Å². The lowest BCUT2D eigenvalue weighted by Crippen LogP contribution is -2.29. The fraction of sp³-hybridized carbons (Fsp3) is 0.462. The summed E-state index contributed by atoms with van der Waals surface area (Å²) in [6, 6.07) is 5.37. The van der Waals surface area contributed by atoms with E-state index in [1.165, 1.54) is 0 Å². The van der Waals surface area contributed by atoms with E-state index in [0.717, 1.165) is 0 Å². The zero-order valence-electron chi connectivity index (χ0n) is 10.5. The van der Waals surface area contributed by atoms with Gasteiger partial charge in [0, 0.05) is 12.6 Å². The number of aldehydes is 1. The molecule has 2 rings (SSSR count). The number of pyridine rings is 1. The standard InChI is InChI=1S/C13H15NO5/c1-2-13(12-5-3-4-6-14-12)18-10(7-15)11(19-13)8-17-9-16/h3-7,9-11H,2,8H2,1H3. The van der Waals surface area contributed by atoms with Gasteiger partial charge in [0.05, 0.1) is 5.69 Å². The maximum Gasteiger partial charge on any atom is 0.293 e. The minimum Gasteiger partial charge on any atom is -0.465 e. The van der Waals surface area contributed by atoms with Crippen LogP contribution in [0.3, 0.4) is 0 Å². The molecule has 1 aromatic rings. The van der Waals surface area contributed by atoms with Crippen molar-refractivity contribution in [1.82, 2.24) is 4.98 Å². The van der Waals surface area contributed by atoms with Gasteiger partial charge in [-0.05, 0) is 12.1 Å². The third-order valence-corrected chi connectivity index (χ3v) is 3.02. The maximum atomic E-state index is 11.0. The maximum absolute atomic E-state index is 11.0. The second-order valence-electron chi connectivity index (χ2n) is 4.13. The Balaban J connectivity index is 2.23. The van der Waals surface area contributed by atoms with Crippen LogP contribution in [0.1, 0.15) is 19.0 Å². The van der Waals surface area contributed by atoms with Gasteiger partial charge in [-0.15, -0.1) is 0 Å². The minimum absolute atomic E-state index is 0.0263. The van der Waals surface area contributed by atoms with Crippen LogP contribution in [0.5, 0.6) is 0 Å². The molecule has 2 heterocycles. The first-order chi connectivity index (χ1) is 9.25. The second kappa shape index (κ2) is 5.90. The molecule has 0 aromatic carbocycles. The molecule has 6 heteroatoms. The Morgan fingerprint density at radius 2 is 2.26 bits per heavy atom. The van der Waals surface area contributed by atoms with E-state index in [0.29, 0.717) is 24.9 Å². The van der Waals surface area contributed by atoms with E-state index in [2.05, 4.69) is 9.72 Å². The summed E-state index contributed by atoms with van der Waals surface area (Å²) in [5, 5.41) is 0. The van der Waals surface area contributed by atoms with E-state index in [4.69, 9.17) is 9.47 Å². The molecule has 3 atom stereocenters. The first kappa shape index (κ1) is 13.6. The summed E-state index contributed by atoms with van der Waals surface area (Å²) in [5.74, 6) is -1.07. The van der Waals surface area contributed by atoms with Crippen LogP contribution in [0, 0.1) is 0 Å². The Bertz CT molecular complexity index is 438. The predicted octanol–water partition coefficient (Wildman–Crippen LogP) is 0.800. The minimum atomic E-state index is -1.07. The lowest BCUT2D eigenvalue weighted by atomic mass is 10.1. The zero-order valence-corrected chi connectivity index (χ0v) is 10.5. The molecule has 6 nitrogen and oxygen atoms in total. The highest BCUT2D eigenvalue weighted by Gasteiger charge is 2.48. The van der Waals surface area contributed by atoms with Crippen LogP contribution >= 0.6 is 0 Å². The van der Waals surface area contributed by atoms with Crippen LogP contribution in [-0.2, 0) is 29.6 Å². The van der Waals surface area contributed by atoms with Gasteiger partial charge in [0.15, 0.2) is 6.29 Å². The number of hydrogen-bond acceptors (Lipinski definition) is 6. The lowest BCUT2D eigenvalue weighted by Gasteiger charge is -2.25. The predicted molar refractivity (Wildman–Crippen MR) is 64.0 cm³/mol. The molecule has 0 aliphatic carbocycles. The molecule has 3 unspecified atom stereocenters. The van der Waals surface area contributed by atoms with Crippen molar-refractivity contribution in [2.45, 2.75) is 31.3 Å². The molecule has 0 N–H and O–H groups in total. The summed E-state index contributed by atoms with van der Waals surface area (Å²) >= 11 is 0. The van der Waals surface area contributed by atoms with Crippen LogP contribution in [0.2, 0.25) is 0 Å². The van der Waals surface area contributed by atoms with Gasteiger partial charge >= 0.3 is 0 Å². The lowest BCUT2D eigenvalue weighted by molar-refractivity contribution is -0.192. The molecule has 0 saturated carbocycles. The van der Waals surface area contributed by atoms with Crippen molar-refractivity contribution in [3.63, 3.8) is 0 Å². The number of carbonyl (C=O) groups excluding carboxylic acids is 2. The molecule has 1 fully saturated rings. The summed E-state index contributed by atoms with van der Waals surface area (Å²) < 4.78 is 16.1. The molecule has 0 radical (unpaired) electrons. The number of ether oxygens (including phenoxy) is 3. The van der Waals surface area contributed by atoms with Gasteiger partial charge in [-0.25, -0.2) is 0 Å². The van der Waals surface area contributed by atoms with Crippen LogP contribution in [0.4, 0.5) is 0 Å². The van der Waals surface area contributed by atoms with E-state index in [1.54, 1.807) is 18.3 Å². The van der Waals surface area contributed by atoms with Gasteiger partial charge in [0.25, 0.3) is 6.47 Å². The quantitative estimate of drug-likeness (QED) is 0.708. The number of aromatic nitrogens is 1. The Morgan fingerprint density at radius 1 is 1.42 bits per heavy atom. The Kier molecular flexibility index (Phi) is 4.24. The highest BCUT2D eigenvalue weighted by molar-refractivity contribution is 5.58. The molecule has 1 aliphatic rings. The first-order valence-corrected chi connectivity index (χ1v) is 6.03. The van der Waals surface area contributed by atoms with Gasteiger partial charge in [0.1, 0.15) is 18.8 Å². The van der Waals surface area contributed by atoms with Crippen LogP contribution in [0.25, 0.3) is 0 Å². The van der Waals surface area contributed by atoms with Crippen LogP contribution in [-0.4, -0.2) is 36.6 Å². The number of hydrogen-bond donors (Lipinski definition) is 0. The SMILES string of the molecule is CCC1(c2ccccn2)OC(C=O)C(COC=O)O1. The summed E-state index contributed by atoms with van der Waals surface area (Å²) in [7, 11) is 0. The molecule has 19 heavy (non-hydrogen) atoms. The van der Waals surface area contributed by atoms with Crippen molar-refractivity contribution in [1.29, 1.82) is 0 Å². The fourth-order valence-corrected chi connectivity index (χ4v) is 2.07. The second-order valence-corrected chi connectivity index (χ2v) is 4.13. The van der Waals surface area contributed by atoms with Crippen molar-refractivity contribution < 1.29 is 23.8 Å². The Morgan fingerprint density at radius 3 is 2.84 bits per heavy atom. The van der Waals surface area contributed by atoms with Crippen molar-refractivity contribution in [2.24, 2.45) is 0 Å². The van der Waals surface area contributed by atoms with Gasteiger partial charge in [0.2, 0.25) is 5.79 Å². The third-order valence-electron chi connectivity index (χ3n) is 3.02. The normalized spacial score (nSPS) is 29.9. The van der Waals surface area contributed by atoms with E-state index in [9.17, 15) is 9.59 Å². The topological polar surface area (TPSA) is 74.7 Å². The molecular weight excluding hydrogens is 250 g/mol. The van der Waals surface area contributed by atoms with Gasteiger partial charge in [-0.2, -0.15) is 0 Å². The van der Waals surface area contributed by atoms with Crippen molar-refractivity contribution in [2.75, 3.05) is 6.61 Å². The van der Waals surface area contributed by atoms with Crippen LogP contribution in [0.15, 0.2) is 24.4 Å². The highest BCUT2D eigenvalue weighted by atomic mass is 16.8. The number of rotatable bonds is 6. The van der Waals surface area contributed by atoms with Gasteiger partial charge < -0.3 is 19.0 Å². The number of carbonyl (C=O) groups is 2. The molecule has 102 valence electrons. The average Bonchev–Trinajstić information content (AvgIpc) is 2.85. The van der Waals surface area contributed by atoms with E-state index >= 15 is 0 Å². The summed E-state index contributed by atoms with van der Waals surface area (Å²) in [5.41, 5.74) is 0.595. The largest absolute Gasteiger partial charge is 0.465 e. The average molecular weight is 265 g/mol. The van der Waals surface area contributed by atoms with Crippen molar-refractivity contribution in [3.8, 4) is 0 Å². The Labute approximate surface area is 110 Å². The number of nitrogens with zero attached hydrogens (tertiary/aromatic N) is 1. The molecule has 1 aliphatic heterocycles. The summed E-state index contributed by atoms with van der Waals surface area (Å²) in [6.07, 6.45) is 1.38. The Hall–Kier alpha value is -1.79.